The molecular formula is C15H20BClO2. The Hall–Kier alpha value is -0.765. The van der Waals surface area contributed by atoms with E-state index in [1.54, 1.807) is 0 Å². The summed E-state index contributed by atoms with van der Waals surface area (Å²) < 4.78 is 11.9. The molecule has 0 aliphatic carbocycles. The maximum atomic E-state index is 5.96. The molecule has 0 saturated carbocycles. The van der Waals surface area contributed by atoms with Crippen molar-refractivity contribution in [2.24, 2.45) is 0 Å². The molecule has 0 amide bonds. The molecule has 2 rings (SSSR count). The number of allylic oxidation sites excluding steroid dienone is 1. The van der Waals surface area contributed by atoms with E-state index in [1.165, 1.54) is 0 Å². The topological polar surface area (TPSA) is 18.5 Å². The van der Waals surface area contributed by atoms with Crippen LogP contribution in [0.1, 0.15) is 40.2 Å². The van der Waals surface area contributed by atoms with Crippen LogP contribution >= 0.6 is 11.6 Å². The molecule has 0 aromatic heterocycles. The summed E-state index contributed by atoms with van der Waals surface area (Å²) in [7, 11) is -0.305. The molecule has 102 valence electrons. The van der Waals surface area contributed by atoms with E-state index in [1.807, 2.05) is 37.2 Å². The van der Waals surface area contributed by atoms with Gasteiger partial charge in [0.25, 0.3) is 0 Å². The van der Waals surface area contributed by atoms with Crippen LogP contribution in [0.3, 0.4) is 0 Å². The second-order valence-electron chi connectivity index (χ2n) is 5.98. The van der Waals surface area contributed by atoms with Crippen LogP contribution in [0.4, 0.5) is 0 Å². The van der Waals surface area contributed by atoms with Gasteiger partial charge in [0.1, 0.15) is 0 Å². The monoisotopic (exact) mass is 278 g/mol. The lowest BCUT2D eigenvalue weighted by molar-refractivity contribution is 0.00578. The van der Waals surface area contributed by atoms with E-state index in [9.17, 15) is 0 Å². The summed E-state index contributed by atoms with van der Waals surface area (Å²) in [4.78, 5) is 0. The van der Waals surface area contributed by atoms with Crippen molar-refractivity contribution in [2.45, 2.75) is 45.8 Å². The van der Waals surface area contributed by atoms with Crippen molar-refractivity contribution in [1.82, 2.24) is 0 Å². The third-order valence-corrected chi connectivity index (χ3v) is 4.21. The average molecular weight is 279 g/mol. The van der Waals surface area contributed by atoms with Crippen molar-refractivity contribution in [3.63, 3.8) is 0 Å². The molecule has 1 heterocycles. The summed E-state index contributed by atoms with van der Waals surface area (Å²) in [5.41, 5.74) is 1.65. The SMILES string of the molecule is C/C(=C\B1OC(C)(C)C(C)(C)O1)c1ccc(Cl)cc1. The van der Waals surface area contributed by atoms with Gasteiger partial charge in [-0.2, -0.15) is 0 Å². The molecule has 1 aromatic carbocycles. The zero-order chi connectivity index (χ0) is 14.3. The molecule has 0 N–H and O–H groups in total. The van der Waals surface area contributed by atoms with Gasteiger partial charge in [-0.05, 0) is 52.3 Å². The van der Waals surface area contributed by atoms with Gasteiger partial charge in [-0.15, -0.1) is 0 Å². The Balaban J connectivity index is 2.17. The first kappa shape index (κ1) is 14.6. The fourth-order valence-electron chi connectivity index (χ4n) is 1.97. The molecule has 0 unspecified atom stereocenters. The van der Waals surface area contributed by atoms with E-state index in [0.717, 1.165) is 16.2 Å². The first-order valence-corrected chi connectivity index (χ1v) is 6.89. The third kappa shape index (κ3) is 3.05. The lowest BCUT2D eigenvalue weighted by Crippen LogP contribution is -2.41. The standard InChI is InChI=1S/C15H20BClO2/c1-11(12-6-8-13(17)9-7-12)10-16-18-14(2,3)15(4,5)19-16/h6-10H,1-5H3/b11-10+. The highest BCUT2D eigenvalue weighted by atomic mass is 35.5. The van der Waals surface area contributed by atoms with E-state index >= 15 is 0 Å². The molecule has 1 saturated heterocycles. The van der Waals surface area contributed by atoms with E-state index in [-0.39, 0.29) is 18.3 Å². The largest absolute Gasteiger partial charge is 0.487 e. The number of benzene rings is 1. The van der Waals surface area contributed by atoms with Gasteiger partial charge in [0, 0.05) is 5.02 Å². The van der Waals surface area contributed by atoms with Crippen molar-refractivity contribution in [1.29, 1.82) is 0 Å². The van der Waals surface area contributed by atoms with Gasteiger partial charge >= 0.3 is 7.12 Å². The Morgan fingerprint density at radius 2 is 1.53 bits per heavy atom. The van der Waals surface area contributed by atoms with Crippen LogP contribution in [0.25, 0.3) is 5.57 Å². The second kappa shape index (κ2) is 4.97. The van der Waals surface area contributed by atoms with Gasteiger partial charge < -0.3 is 9.31 Å². The number of rotatable bonds is 2. The van der Waals surface area contributed by atoms with Crippen LogP contribution < -0.4 is 0 Å². The fraction of sp³-hybridized carbons (Fsp3) is 0.467. The van der Waals surface area contributed by atoms with Gasteiger partial charge in [-0.3, -0.25) is 0 Å². The predicted molar refractivity (Wildman–Crippen MR) is 81.2 cm³/mol. The fourth-order valence-corrected chi connectivity index (χ4v) is 2.10. The minimum atomic E-state index is -0.305. The minimum absolute atomic E-state index is 0.297. The second-order valence-corrected chi connectivity index (χ2v) is 6.42. The predicted octanol–water partition coefficient (Wildman–Crippen LogP) is 4.37. The zero-order valence-electron chi connectivity index (χ0n) is 12.2. The smallest absolute Gasteiger partial charge is 0.400 e. The molecule has 0 spiro atoms. The van der Waals surface area contributed by atoms with Crippen molar-refractivity contribution < 1.29 is 9.31 Å². The molecule has 0 atom stereocenters. The molecule has 2 nitrogen and oxygen atoms in total. The summed E-state index contributed by atoms with van der Waals surface area (Å²) in [6.07, 6.45) is 0. The van der Waals surface area contributed by atoms with Gasteiger partial charge in [0.05, 0.1) is 11.2 Å². The van der Waals surface area contributed by atoms with Crippen molar-refractivity contribution in [3.8, 4) is 0 Å². The van der Waals surface area contributed by atoms with E-state index in [2.05, 4.69) is 27.7 Å². The highest BCUT2D eigenvalue weighted by molar-refractivity contribution is 6.53. The third-order valence-electron chi connectivity index (χ3n) is 3.96. The van der Waals surface area contributed by atoms with E-state index < -0.39 is 0 Å². The number of hydrogen-bond donors (Lipinski definition) is 0. The van der Waals surface area contributed by atoms with E-state index in [0.29, 0.717) is 0 Å². The van der Waals surface area contributed by atoms with Gasteiger partial charge in [0.2, 0.25) is 0 Å². The molecule has 1 aliphatic rings. The van der Waals surface area contributed by atoms with Crippen LogP contribution in [0.5, 0.6) is 0 Å². The lowest BCUT2D eigenvalue weighted by atomic mass is 9.85. The van der Waals surface area contributed by atoms with Gasteiger partial charge in [-0.1, -0.05) is 35.3 Å². The first-order valence-electron chi connectivity index (χ1n) is 6.51. The Morgan fingerprint density at radius 3 is 2.00 bits per heavy atom. The maximum Gasteiger partial charge on any atom is 0.487 e. The average Bonchev–Trinajstić information content (AvgIpc) is 2.47. The summed E-state index contributed by atoms with van der Waals surface area (Å²) in [5, 5.41) is 0.743. The van der Waals surface area contributed by atoms with Gasteiger partial charge in [-0.25, -0.2) is 0 Å². The maximum absolute atomic E-state index is 5.96. The Kier molecular flexibility index (Phi) is 3.83. The van der Waals surface area contributed by atoms with Crippen LogP contribution in [-0.2, 0) is 9.31 Å². The van der Waals surface area contributed by atoms with Crippen molar-refractivity contribution in [2.75, 3.05) is 0 Å². The minimum Gasteiger partial charge on any atom is -0.400 e. The quantitative estimate of drug-likeness (QED) is 0.748. The molecular weight excluding hydrogens is 258 g/mol. The zero-order valence-corrected chi connectivity index (χ0v) is 12.9. The van der Waals surface area contributed by atoms with Crippen LogP contribution in [0, 0.1) is 0 Å². The first-order chi connectivity index (χ1) is 8.71. The van der Waals surface area contributed by atoms with E-state index in [4.69, 9.17) is 20.9 Å². The van der Waals surface area contributed by atoms with Crippen molar-refractivity contribution in [3.05, 3.63) is 40.8 Å². The summed E-state index contributed by atoms with van der Waals surface area (Å²) in [6, 6.07) is 7.77. The lowest BCUT2D eigenvalue weighted by Gasteiger charge is -2.32. The summed E-state index contributed by atoms with van der Waals surface area (Å²) >= 11 is 5.89. The number of hydrogen-bond acceptors (Lipinski definition) is 2. The highest BCUT2D eigenvalue weighted by Crippen LogP contribution is 2.37. The number of halogens is 1. The van der Waals surface area contributed by atoms with Crippen LogP contribution in [-0.4, -0.2) is 18.3 Å². The molecule has 4 heteroatoms. The van der Waals surface area contributed by atoms with Crippen LogP contribution in [0.2, 0.25) is 5.02 Å². The van der Waals surface area contributed by atoms with Crippen LogP contribution in [0.15, 0.2) is 30.2 Å². The molecule has 0 radical (unpaired) electrons. The Bertz CT molecular complexity index is 475. The molecule has 0 bridgehead atoms. The summed E-state index contributed by atoms with van der Waals surface area (Å²) in [6.45, 7) is 10.3. The normalized spacial score (nSPS) is 21.8. The highest BCUT2D eigenvalue weighted by Gasteiger charge is 2.50. The molecule has 1 aromatic rings. The van der Waals surface area contributed by atoms with Gasteiger partial charge in [0.15, 0.2) is 0 Å². The Morgan fingerprint density at radius 1 is 1.05 bits per heavy atom. The summed E-state index contributed by atoms with van der Waals surface area (Å²) in [5.74, 6) is 2.01. The molecule has 1 fully saturated rings. The Labute approximate surface area is 120 Å². The molecule has 19 heavy (non-hydrogen) atoms. The van der Waals surface area contributed by atoms with Crippen molar-refractivity contribution >= 4 is 24.3 Å². The molecule has 1 aliphatic heterocycles.